The minimum absolute atomic E-state index is 0.131. The molecule has 0 aliphatic carbocycles. The Morgan fingerprint density at radius 3 is 2.31 bits per heavy atom. The number of aromatic nitrogens is 1. The number of rotatable bonds is 2. The van der Waals surface area contributed by atoms with Crippen molar-refractivity contribution in [3.63, 3.8) is 0 Å². The fourth-order valence-corrected chi connectivity index (χ4v) is 0.965. The molecule has 1 N–H and O–H groups in total. The molecule has 5 heteroatoms. The van der Waals surface area contributed by atoms with E-state index >= 15 is 0 Å². The van der Waals surface area contributed by atoms with Crippen molar-refractivity contribution in [2.24, 2.45) is 0 Å². The molecular formula is C11H17BN2O2. The van der Waals surface area contributed by atoms with Crippen LogP contribution in [0.5, 0.6) is 0 Å². The summed E-state index contributed by atoms with van der Waals surface area (Å²) in [5.41, 5.74) is -0.131. The van der Waals surface area contributed by atoms with Gasteiger partial charge >= 0.3 is 0 Å². The van der Waals surface area contributed by atoms with Crippen LogP contribution in [0, 0.1) is 0 Å². The highest BCUT2D eigenvalue weighted by Crippen LogP contribution is 2.26. The van der Waals surface area contributed by atoms with Gasteiger partial charge in [-0.15, -0.1) is 0 Å². The molecule has 0 aromatic carbocycles. The van der Waals surface area contributed by atoms with Crippen LogP contribution in [0.3, 0.4) is 0 Å². The zero-order valence-electron chi connectivity index (χ0n) is 10.4. The molecule has 86 valence electrons. The van der Waals surface area contributed by atoms with E-state index in [1.807, 2.05) is 20.8 Å². The molecule has 2 radical (unpaired) electrons. The third-order valence-corrected chi connectivity index (χ3v) is 2.08. The van der Waals surface area contributed by atoms with Crippen molar-refractivity contribution in [1.29, 1.82) is 0 Å². The fourth-order valence-electron chi connectivity index (χ4n) is 0.965. The summed E-state index contributed by atoms with van der Waals surface area (Å²) >= 11 is 0. The molecule has 0 saturated heterocycles. The molecule has 0 aliphatic rings. The van der Waals surface area contributed by atoms with Crippen LogP contribution in [-0.4, -0.2) is 18.9 Å². The van der Waals surface area contributed by atoms with Gasteiger partial charge in [-0.1, -0.05) is 39.8 Å². The molecule has 0 fully saturated rings. The first kappa shape index (κ1) is 12.8. The summed E-state index contributed by atoms with van der Waals surface area (Å²) < 4.78 is 5.14. The van der Waals surface area contributed by atoms with Crippen LogP contribution in [0.2, 0.25) is 5.31 Å². The molecule has 1 aromatic heterocycles. The van der Waals surface area contributed by atoms with Gasteiger partial charge in [-0.25, -0.2) is 0 Å². The minimum Gasteiger partial charge on any atom is -0.359 e. The Morgan fingerprint density at radius 1 is 1.38 bits per heavy atom. The second kappa shape index (κ2) is 3.96. The van der Waals surface area contributed by atoms with Gasteiger partial charge in [0.15, 0.2) is 5.82 Å². The lowest BCUT2D eigenvalue weighted by atomic mass is 9.72. The van der Waals surface area contributed by atoms with Crippen molar-refractivity contribution in [3.8, 4) is 0 Å². The number of nitrogens with zero attached hydrogens (tertiary/aromatic N) is 1. The van der Waals surface area contributed by atoms with E-state index in [0.717, 1.165) is 5.76 Å². The average molecular weight is 220 g/mol. The molecule has 1 amide bonds. The number of anilines is 1. The number of nitrogens with one attached hydrogen (secondary N) is 1. The molecule has 0 spiro atoms. The van der Waals surface area contributed by atoms with E-state index in [1.165, 1.54) is 0 Å². The summed E-state index contributed by atoms with van der Waals surface area (Å²) in [7, 11) is 5.65. The fraction of sp³-hybridized carbons (Fsp3) is 0.636. The summed E-state index contributed by atoms with van der Waals surface area (Å²) in [6, 6.07) is 1.71. The lowest BCUT2D eigenvalue weighted by molar-refractivity contribution is -0.118. The molecule has 1 aromatic rings. The zero-order valence-corrected chi connectivity index (χ0v) is 10.4. The second-order valence-electron chi connectivity index (χ2n) is 5.50. The predicted molar refractivity (Wildman–Crippen MR) is 63.6 cm³/mol. The molecule has 0 bridgehead atoms. The van der Waals surface area contributed by atoms with Crippen LogP contribution >= 0.6 is 0 Å². The maximum atomic E-state index is 11.6. The van der Waals surface area contributed by atoms with Gasteiger partial charge < -0.3 is 9.84 Å². The molecule has 0 saturated carbocycles. The quantitative estimate of drug-likeness (QED) is 0.777. The Morgan fingerprint density at radius 2 is 1.94 bits per heavy atom. The number of hydrogen-bond acceptors (Lipinski definition) is 3. The smallest absolute Gasteiger partial charge is 0.222 e. The zero-order chi connectivity index (χ0) is 12.6. The number of amides is 1. The van der Waals surface area contributed by atoms with Gasteiger partial charge in [0.25, 0.3) is 0 Å². The number of carbonyl (C=O) groups excluding carboxylic acids is 1. The van der Waals surface area contributed by atoms with Crippen LogP contribution in [0.1, 0.15) is 40.4 Å². The van der Waals surface area contributed by atoms with Gasteiger partial charge in [-0.2, -0.15) is 0 Å². The Bertz CT molecular complexity index is 385. The van der Waals surface area contributed by atoms with Crippen LogP contribution in [0.15, 0.2) is 10.6 Å². The van der Waals surface area contributed by atoms with E-state index in [2.05, 4.69) is 10.5 Å². The Labute approximate surface area is 97.2 Å². The highest BCUT2D eigenvalue weighted by Gasteiger charge is 2.24. The van der Waals surface area contributed by atoms with Crippen molar-refractivity contribution in [2.45, 2.75) is 45.3 Å². The van der Waals surface area contributed by atoms with Crippen LogP contribution < -0.4 is 5.32 Å². The highest BCUT2D eigenvalue weighted by molar-refractivity contribution is 6.29. The molecule has 1 rings (SSSR count). The Hall–Kier alpha value is -1.26. The van der Waals surface area contributed by atoms with Gasteiger partial charge in [0.2, 0.25) is 5.91 Å². The van der Waals surface area contributed by atoms with E-state index in [1.54, 1.807) is 19.9 Å². The van der Waals surface area contributed by atoms with E-state index < -0.39 is 5.31 Å². The Kier molecular flexibility index (Phi) is 3.17. The van der Waals surface area contributed by atoms with Crippen molar-refractivity contribution >= 4 is 19.6 Å². The van der Waals surface area contributed by atoms with Crippen LogP contribution in [0.25, 0.3) is 0 Å². The standard InChI is InChI=1S/C11H17BN2O2/c1-10(2,3)7-6-8(14-16-7)13-9(15)11(4,5)12/h6H,1-5H3,(H,13,14,15). The highest BCUT2D eigenvalue weighted by atomic mass is 16.5. The summed E-state index contributed by atoms with van der Waals surface area (Å²) in [5.74, 6) is 0.826. The van der Waals surface area contributed by atoms with Gasteiger partial charge in [0.05, 0.1) is 7.85 Å². The Balaban J connectivity index is 2.78. The number of carbonyl (C=O) groups is 1. The molecule has 0 atom stereocenters. The average Bonchev–Trinajstić information content (AvgIpc) is 2.49. The van der Waals surface area contributed by atoms with Crippen LogP contribution in [-0.2, 0) is 10.2 Å². The van der Waals surface area contributed by atoms with Gasteiger partial charge in [0.1, 0.15) is 5.76 Å². The SMILES string of the molecule is [B]C(C)(C)C(=O)Nc1cc(C(C)(C)C)on1. The van der Waals surface area contributed by atoms with Gasteiger partial charge in [0, 0.05) is 16.8 Å². The summed E-state index contributed by atoms with van der Waals surface area (Å²) in [6.07, 6.45) is 0. The first-order valence-electron chi connectivity index (χ1n) is 5.18. The monoisotopic (exact) mass is 220 g/mol. The van der Waals surface area contributed by atoms with E-state index in [-0.39, 0.29) is 11.3 Å². The largest absolute Gasteiger partial charge is 0.359 e. The van der Waals surface area contributed by atoms with Gasteiger partial charge in [-0.05, 0) is 0 Å². The first-order chi connectivity index (χ1) is 7.10. The maximum absolute atomic E-state index is 11.6. The third-order valence-electron chi connectivity index (χ3n) is 2.08. The molecule has 0 unspecified atom stereocenters. The van der Waals surface area contributed by atoms with Gasteiger partial charge in [-0.3, -0.25) is 4.79 Å². The van der Waals surface area contributed by atoms with Crippen LogP contribution in [0.4, 0.5) is 5.82 Å². The summed E-state index contributed by atoms with van der Waals surface area (Å²) in [5, 5.41) is 5.45. The van der Waals surface area contributed by atoms with Crippen molar-refractivity contribution in [2.75, 3.05) is 5.32 Å². The first-order valence-corrected chi connectivity index (χ1v) is 5.18. The normalized spacial score (nSPS) is 12.6. The maximum Gasteiger partial charge on any atom is 0.222 e. The van der Waals surface area contributed by atoms with Crippen molar-refractivity contribution < 1.29 is 9.32 Å². The summed E-state index contributed by atoms with van der Waals surface area (Å²) in [4.78, 5) is 11.6. The van der Waals surface area contributed by atoms with Crippen molar-refractivity contribution in [3.05, 3.63) is 11.8 Å². The second-order valence-corrected chi connectivity index (χ2v) is 5.50. The molecule has 4 nitrogen and oxygen atoms in total. The van der Waals surface area contributed by atoms with E-state index in [9.17, 15) is 4.79 Å². The van der Waals surface area contributed by atoms with Crippen molar-refractivity contribution in [1.82, 2.24) is 5.16 Å². The summed E-state index contributed by atoms with van der Waals surface area (Å²) in [6.45, 7) is 9.28. The minimum atomic E-state index is -0.930. The molecule has 16 heavy (non-hydrogen) atoms. The predicted octanol–water partition coefficient (Wildman–Crippen LogP) is 2.28. The van der Waals surface area contributed by atoms with E-state index in [0.29, 0.717) is 5.82 Å². The number of hydrogen-bond donors (Lipinski definition) is 1. The third kappa shape index (κ3) is 3.12. The molecule has 0 aliphatic heterocycles. The topological polar surface area (TPSA) is 55.1 Å². The van der Waals surface area contributed by atoms with E-state index in [4.69, 9.17) is 12.4 Å². The lowest BCUT2D eigenvalue weighted by Crippen LogP contribution is -2.25. The molecular weight excluding hydrogens is 203 g/mol. The lowest BCUT2D eigenvalue weighted by Gasteiger charge is -2.16. The molecule has 1 heterocycles.